The van der Waals surface area contributed by atoms with Gasteiger partial charge in [-0.25, -0.2) is 4.79 Å². The molecule has 0 aliphatic heterocycles. The van der Waals surface area contributed by atoms with Crippen molar-refractivity contribution in [3.63, 3.8) is 0 Å². The average molecular weight is 501 g/mol. The fourth-order valence-corrected chi connectivity index (χ4v) is 3.65. The molecule has 3 aromatic carbocycles. The molecule has 0 aliphatic rings. The summed E-state index contributed by atoms with van der Waals surface area (Å²) in [7, 11) is 3.09. The van der Waals surface area contributed by atoms with E-state index < -0.39 is 5.97 Å². The second kappa shape index (κ2) is 10.6. The highest BCUT2D eigenvalue weighted by Crippen LogP contribution is 2.29. The Bertz CT molecular complexity index is 1510. The Labute approximate surface area is 214 Å². The fourth-order valence-electron chi connectivity index (χ4n) is 3.65. The molecule has 4 rings (SSSR count). The number of benzene rings is 3. The summed E-state index contributed by atoms with van der Waals surface area (Å²) >= 11 is 0. The average Bonchev–Trinajstić information content (AvgIpc) is 2.88. The van der Waals surface area contributed by atoms with Crippen molar-refractivity contribution < 1.29 is 28.2 Å². The van der Waals surface area contributed by atoms with Gasteiger partial charge in [-0.05, 0) is 59.0 Å². The van der Waals surface area contributed by atoms with Crippen LogP contribution in [0, 0.1) is 0 Å². The first kappa shape index (κ1) is 25.6. The standard InChI is InChI=1S/C30H28O7/c1-30(2,3)20-8-10-21(11-9-20)36-27-18-35-25-17-22(12-13-23(25)29(27)32)37-28(31)15-7-19-6-14-24(33-4)26(16-19)34-5/h6-18H,1-5H3. The maximum atomic E-state index is 12.9. The number of esters is 1. The summed E-state index contributed by atoms with van der Waals surface area (Å²) in [5.74, 6) is 1.39. The zero-order valence-electron chi connectivity index (χ0n) is 21.4. The molecular weight excluding hydrogens is 472 g/mol. The molecular formula is C30H28O7. The van der Waals surface area contributed by atoms with Crippen LogP contribution in [0.3, 0.4) is 0 Å². The van der Waals surface area contributed by atoms with Crippen molar-refractivity contribution in [2.45, 2.75) is 26.2 Å². The van der Waals surface area contributed by atoms with Crippen LogP contribution in [0.1, 0.15) is 31.9 Å². The Morgan fingerprint density at radius 2 is 1.54 bits per heavy atom. The minimum Gasteiger partial charge on any atom is -0.493 e. The van der Waals surface area contributed by atoms with Crippen LogP contribution >= 0.6 is 0 Å². The van der Waals surface area contributed by atoms with E-state index in [0.29, 0.717) is 22.6 Å². The summed E-state index contributed by atoms with van der Waals surface area (Å²) in [6.45, 7) is 6.38. The Morgan fingerprint density at radius 3 is 2.22 bits per heavy atom. The highest BCUT2D eigenvalue weighted by molar-refractivity contribution is 5.89. The number of carbonyl (C=O) groups excluding carboxylic acids is 1. The number of hydrogen-bond acceptors (Lipinski definition) is 7. The molecule has 1 aromatic heterocycles. The Morgan fingerprint density at radius 1 is 0.838 bits per heavy atom. The van der Waals surface area contributed by atoms with Gasteiger partial charge in [0, 0.05) is 12.1 Å². The van der Waals surface area contributed by atoms with Crippen molar-refractivity contribution in [3.05, 3.63) is 94.4 Å². The predicted molar refractivity (Wildman–Crippen MR) is 142 cm³/mol. The van der Waals surface area contributed by atoms with Gasteiger partial charge in [-0.1, -0.05) is 39.0 Å². The first-order valence-electron chi connectivity index (χ1n) is 11.6. The first-order valence-corrected chi connectivity index (χ1v) is 11.6. The van der Waals surface area contributed by atoms with Crippen LogP contribution in [-0.2, 0) is 10.2 Å². The van der Waals surface area contributed by atoms with Crippen molar-refractivity contribution in [1.29, 1.82) is 0 Å². The van der Waals surface area contributed by atoms with Gasteiger partial charge in [0.25, 0.3) is 0 Å². The van der Waals surface area contributed by atoms with Gasteiger partial charge in [-0.15, -0.1) is 0 Å². The number of ether oxygens (including phenoxy) is 4. The molecule has 37 heavy (non-hydrogen) atoms. The molecule has 4 aromatic rings. The molecule has 0 spiro atoms. The maximum Gasteiger partial charge on any atom is 0.336 e. The molecule has 0 saturated carbocycles. The minimum absolute atomic E-state index is 0.0146. The van der Waals surface area contributed by atoms with Crippen molar-refractivity contribution in [2.75, 3.05) is 14.2 Å². The van der Waals surface area contributed by atoms with Crippen molar-refractivity contribution in [2.24, 2.45) is 0 Å². The van der Waals surface area contributed by atoms with Gasteiger partial charge in [0.15, 0.2) is 11.5 Å². The number of rotatable bonds is 7. The predicted octanol–water partition coefficient (Wildman–Crippen LogP) is 6.52. The third-order valence-corrected chi connectivity index (χ3v) is 5.70. The summed E-state index contributed by atoms with van der Waals surface area (Å²) in [5, 5.41) is 0.310. The van der Waals surface area contributed by atoms with E-state index in [4.69, 9.17) is 23.4 Å². The molecule has 0 aliphatic carbocycles. The van der Waals surface area contributed by atoms with E-state index in [9.17, 15) is 9.59 Å². The molecule has 7 nitrogen and oxygen atoms in total. The molecule has 0 radical (unpaired) electrons. The summed E-state index contributed by atoms with van der Waals surface area (Å²) in [6.07, 6.45) is 4.15. The smallest absolute Gasteiger partial charge is 0.336 e. The van der Waals surface area contributed by atoms with Crippen LogP contribution in [-0.4, -0.2) is 20.2 Å². The Kier molecular flexibility index (Phi) is 7.34. The highest BCUT2D eigenvalue weighted by atomic mass is 16.5. The van der Waals surface area contributed by atoms with Gasteiger partial charge in [0.05, 0.1) is 19.6 Å². The van der Waals surface area contributed by atoms with Crippen molar-refractivity contribution >= 4 is 23.0 Å². The molecule has 190 valence electrons. The van der Waals surface area contributed by atoms with E-state index in [1.165, 1.54) is 37.6 Å². The second-order valence-electron chi connectivity index (χ2n) is 9.33. The number of methoxy groups -OCH3 is 2. The summed E-state index contributed by atoms with van der Waals surface area (Å²) in [6, 6.07) is 17.4. The first-order chi connectivity index (χ1) is 17.7. The lowest BCUT2D eigenvalue weighted by molar-refractivity contribution is -0.128. The molecule has 0 unspecified atom stereocenters. The van der Waals surface area contributed by atoms with Gasteiger partial charge in [-0.3, -0.25) is 4.79 Å². The molecule has 0 amide bonds. The normalized spacial score (nSPS) is 11.5. The monoisotopic (exact) mass is 500 g/mol. The third kappa shape index (κ3) is 6.01. The molecule has 0 N–H and O–H groups in total. The van der Waals surface area contributed by atoms with Gasteiger partial charge in [0.1, 0.15) is 23.3 Å². The lowest BCUT2D eigenvalue weighted by Gasteiger charge is -2.19. The number of carbonyl (C=O) groups is 1. The quantitative estimate of drug-likeness (QED) is 0.162. The molecule has 0 atom stereocenters. The van der Waals surface area contributed by atoms with Gasteiger partial charge >= 0.3 is 5.97 Å². The summed E-state index contributed by atoms with van der Waals surface area (Å²) in [5.41, 5.74) is 1.86. The van der Waals surface area contributed by atoms with Crippen LogP contribution in [0.4, 0.5) is 0 Å². The van der Waals surface area contributed by atoms with E-state index in [-0.39, 0.29) is 27.9 Å². The molecule has 0 saturated heterocycles. The van der Waals surface area contributed by atoms with Crippen LogP contribution in [0.2, 0.25) is 0 Å². The molecule has 0 bridgehead atoms. The van der Waals surface area contributed by atoms with Crippen molar-refractivity contribution in [3.8, 4) is 28.7 Å². The van der Waals surface area contributed by atoms with E-state index in [1.807, 2.05) is 24.3 Å². The third-order valence-electron chi connectivity index (χ3n) is 5.70. The minimum atomic E-state index is -0.588. The summed E-state index contributed by atoms with van der Waals surface area (Å²) in [4.78, 5) is 25.3. The number of fused-ring (bicyclic) bond motifs is 1. The zero-order valence-corrected chi connectivity index (χ0v) is 21.4. The van der Waals surface area contributed by atoms with Crippen LogP contribution in [0.5, 0.6) is 28.7 Å². The highest BCUT2D eigenvalue weighted by Gasteiger charge is 2.15. The molecule has 1 heterocycles. The van der Waals surface area contributed by atoms with Crippen molar-refractivity contribution in [1.82, 2.24) is 0 Å². The van der Waals surface area contributed by atoms with E-state index in [0.717, 1.165) is 11.1 Å². The number of hydrogen-bond donors (Lipinski definition) is 0. The van der Waals surface area contributed by atoms with Crippen LogP contribution in [0.15, 0.2) is 82.2 Å². The van der Waals surface area contributed by atoms with Gasteiger partial charge < -0.3 is 23.4 Å². The Hall–Kier alpha value is -4.52. The van der Waals surface area contributed by atoms with Gasteiger partial charge in [-0.2, -0.15) is 0 Å². The second-order valence-corrected chi connectivity index (χ2v) is 9.33. The lowest BCUT2D eigenvalue weighted by atomic mass is 9.87. The SMILES string of the molecule is COc1ccc(C=CC(=O)Oc2ccc3c(=O)c(Oc4ccc(C(C)(C)C)cc4)coc3c2)cc1OC. The van der Waals surface area contributed by atoms with Crippen LogP contribution in [0.25, 0.3) is 17.0 Å². The van der Waals surface area contributed by atoms with Crippen LogP contribution < -0.4 is 24.4 Å². The molecule has 7 heteroatoms. The van der Waals surface area contributed by atoms with E-state index in [2.05, 4.69) is 20.8 Å². The Balaban J connectivity index is 1.47. The molecule has 0 fully saturated rings. The van der Waals surface area contributed by atoms with E-state index in [1.54, 1.807) is 31.4 Å². The summed E-state index contributed by atoms with van der Waals surface area (Å²) < 4.78 is 27.2. The lowest BCUT2D eigenvalue weighted by Crippen LogP contribution is -2.10. The largest absolute Gasteiger partial charge is 0.493 e. The maximum absolute atomic E-state index is 12.9. The van der Waals surface area contributed by atoms with E-state index >= 15 is 0 Å². The fraction of sp³-hybridized carbons (Fsp3) is 0.200. The van der Waals surface area contributed by atoms with Gasteiger partial charge in [0.2, 0.25) is 11.2 Å². The zero-order chi connectivity index (χ0) is 26.6. The topological polar surface area (TPSA) is 84.2 Å².